The van der Waals surface area contributed by atoms with Gasteiger partial charge in [-0.3, -0.25) is 9.59 Å². The molecule has 2 aliphatic rings. The smallest absolute Gasteiger partial charge is 0.257 e. The molecule has 0 bridgehead atoms. The maximum absolute atomic E-state index is 12.3. The second-order valence-electron chi connectivity index (χ2n) is 7.23. The number of rotatable bonds is 4. The number of hydrogen-bond donors (Lipinski definition) is 2. The average molecular weight is 389 g/mol. The Bertz CT molecular complexity index is 1170. The van der Waals surface area contributed by atoms with Crippen molar-refractivity contribution < 1.29 is 14.3 Å². The molecule has 5 rings (SSSR count). The fourth-order valence-electron chi connectivity index (χ4n) is 3.66. The molecule has 1 aromatic heterocycles. The second kappa shape index (κ2) is 7.09. The monoisotopic (exact) mass is 389 g/mol. The zero-order valence-electron chi connectivity index (χ0n) is 15.6. The first kappa shape index (κ1) is 17.5. The lowest BCUT2D eigenvalue weighted by atomic mass is 10.1. The van der Waals surface area contributed by atoms with E-state index in [1.807, 2.05) is 36.4 Å². The zero-order chi connectivity index (χ0) is 19.8. The van der Waals surface area contributed by atoms with Crippen LogP contribution in [0.4, 0.5) is 0 Å². The summed E-state index contributed by atoms with van der Waals surface area (Å²) in [4.78, 5) is 27.4. The molecule has 2 N–H and O–H groups in total. The van der Waals surface area contributed by atoms with E-state index in [9.17, 15) is 9.59 Å². The van der Waals surface area contributed by atoms with Gasteiger partial charge in [0, 0.05) is 17.4 Å². The number of aromatic nitrogens is 1. The molecule has 146 valence electrons. The number of pyridine rings is 1. The highest BCUT2D eigenvalue weighted by atomic mass is 16.6. The molecule has 1 aliphatic carbocycles. The van der Waals surface area contributed by atoms with E-state index in [2.05, 4.69) is 15.5 Å². The Hall–Kier alpha value is -3.61. The Morgan fingerprint density at radius 1 is 1.10 bits per heavy atom. The highest BCUT2D eigenvalue weighted by Gasteiger charge is 2.43. The van der Waals surface area contributed by atoms with Gasteiger partial charge in [0.15, 0.2) is 11.5 Å². The van der Waals surface area contributed by atoms with Crippen molar-refractivity contribution in [2.45, 2.75) is 12.3 Å². The summed E-state index contributed by atoms with van der Waals surface area (Å²) < 4.78 is 11.1. The van der Waals surface area contributed by atoms with Crippen molar-refractivity contribution in [3.8, 4) is 11.5 Å². The Labute approximate surface area is 166 Å². The van der Waals surface area contributed by atoms with Crippen molar-refractivity contribution >= 4 is 23.0 Å². The molecule has 3 aromatic rings. The molecule has 7 nitrogen and oxygen atoms in total. The fourth-order valence-corrected chi connectivity index (χ4v) is 3.66. The molecule has 1 aliphatic heterocycles. The summed E-state index contributed by atoms with van der Waals surface area (Å²) in [7, 11) is 0. The van der Waals surface area contributed by atoms with Gasteiger partial charge >= 0.3 is 0 Å². The minimum absolute atomic E-state index is 0.0758. The van der Waals surface area contributed by atoms with Gasteiger partial charge in [0.05, 0.1) is 17.3 Å². The van der Waals surface area contributed by atoms with E-state index < -0.39 is 0 Å². The molecule has 2 aromatic carbocycles. The number of hydrazone groups is 1. The van der Waals surface area contributed by atoms with Crippen LogP contribution < -0.4 is 20.5 Å². The topological polar surface area (TPSA) is 92.8 Å². The standard InChI is InChI=1S/C22H19N3O4/c26-21-15(8-14-9-19-20(11-18(14)24-21)29-7-6-28-19)12-23-25-22(27)17-10-16(17)13-4-2-1-3-5-13/h1-5,8-9,11-12,16-17H,6-7,10H2,(H,24,26)(H,25,27)/b23-12-/t16-,17+/m1/s1. The largest absolute Gasteiger partial charge is 0.486 e. The summed E-state index contributed by atoms with van der Waals surface area (Å²) in [6.07, 6.45) is 2.18. The number of H-pyrrole nitrogens is 1. The number of carbonyl (C=O) groups excluding carboxylic acids is 1. The summed E-state index contributed by atoms with van der Waals surface area (Å²) in [5, 5.41) is 4.78. The minimum atomic E-state index is -0.291. The normalized spacial score (nSPS) is 20.0. The number of hydrogen-bond acceptors (Lipinski definition) is 5. The third-order valence-electron chi connectivity index (χ3n) is 5.27. The van der Waals surface area contributed by atoms with Gasteiger partial charge in [-0.2, -0.15) is 5.10 Å². The van der Waals surface area contributed by atoms with Gasteiger partial charge in [-0.15, -0.1) is 0 Å². The van der Waals surface area contributed by atoms with Crippen LogP contribution >= 0.6 is 0 Å². The Kier molecular flexibility index (Phi) is 4.27. The number of nitrogens with zero attached hydrogens (tertiary/aromatic N) is 1. The lowest BCUT2D eigenvalue weighted by Gasteiger charge is -2.18. The van der Waals surface area contributed by atoms with Crippen LogP contribution in [0.5, 0.6) is 11.5 Å². The number of benzene rings is 2. The van der Waals surface area contributed by atoms with Crippen LogP contribution in [0.1, 0.15) is 23.5 Å². The first-order valence-corrected chi connectivity index (χ1v) is 9.53. The summed E-state index contributed by atoms with van der Waals surface area (Å²) in [6, 6.07) is 15.3. The van der Waals surface area contributed by atoms with Crippen molar-refractivity contribution in [3.63, 3.8) is 0 Å². The van der Waals surface area contributed by atoms with E-state index in [1.54, 1.807) is 12.1 Å². The number of ether oxygens (including phenoxy) is 2. The highest BCUT2D eigenvalue weighted by molar-refractivity contribution is 5.90. The Morgan fingerprint density at radius 3 is 2.66 bits per heavy atom. The van der Waals surface area contributed by atoms with Crippen LogP contribution in [0.2, 0.25) is 0 Å². The SMILES string of the molecule is O=C(N/N=C\c1cc2cc3c(cc2[nH]c1=O)OCCO3)[C@H]1C[C@@H]1c1ccccc1. The highest BCUT2D eigenvalue weighted by Crippen LogP contribution is 2.47. The Morgan fingerprint density at radius 2 is 1.86 bits per heavy atom. The number of fused-ring (bicyclic) bond motifs is 2. The molecule has 2 heterocycles. The summed E-state index contributed by atoms with van der Waals surface area (Å²) >= 11 is 0. The van der Waals surface area contributed by atoms with Crippen molar-refractivity contribution in [3.05, 3.63) is 70.0 Å². The quantitative estimate of drug-likeness (QED) is 0.530. The van der Waals surface area contributed by atoms with Crippen molar-refractivity contribution in [2.24, 2.45) is 11.0 Å². The third-order valence-corrected chi connectivity index (χ3v) is 5.27. The first-order valence-electron chi connectivity index (χ1n) is 9.53. The van der Waals surface area contributed by atoms with Crippen molar-refractivity contribution in [1.29, 1.82) is 0 Å². The predicted octanol–water partition coefficient (Wildman–Crippen LogP) is 2.55. The molecule has 29 heavy (non-hydrogen) atoms. The molecule has 0 spiro atoms. The third kappa shape index (κ3) is 3.47. The van der Waals surface area contributed by atoms with Crippen LogP contribution in [0.3, 0.4) is 0 Å². The molecular weight excluding hydrogens is 370 g/mol. The van der Waals surface area contributed by atoms with E-state index in [0.717, 1.165) is 17.4 Å². The maximum Gasteiger partial charge on any atom is 0.257 e. The molecule has 0 saturated heterocycles. The fraction of sp³-hybridized carbons (Fsp3) is 0.227. The average Bonchev–Trinajstić information content (AvgIpc) is 3.54. The molecule has 2 atom stereocenters. The van der Waals surface area contributed by atoms with Crippen LogP contribution in [-0.2, 0) is 4.79 Å². The van der Waals surface area contributed by atoms with E-state index >= 15 is 0 Å². The molecule has 1 saturated carbocycles. The van der Waals surface area contributed by atoms with E-state index in [0.29, 0.717) is 35.8 Å². The first-order chi connectivity index (χ1) is 14.2. The molecule has 7 heteroatoms. The van der Waals surface area contributed by atoms with Crippen LogP contribution in [-0.4, -0.2) is 30.3 Å². The van der Waals surface area contributed by atoms with Crippen LogP contribution in [0.15, 0.2) is 58.4 Å². The Balaban J connectivity index is 1.30. The second-order valence-corrected chi connectivity index (χ2v) is 7.23. The van der Waals surface area contributed by atoms with Gasteiger partial charge in [0.25, 0.3) is 5.56 Å². The van der Waals surface area contributed by atoms with E-state index in [-0.39, 0.29) is 23.3 Å². The van der Waals surface area contributed by atoms with Gasteiger partial charge in [0.2, 0.25) is 5.91 Å². The van der Waals surface area contributed by atoms with Gasteiger partial charge in [-0.05, 0) is 30.0 Å². The molecular formula is C22H19N3O4. The predicted molar refractivity (Wildman–Crippen MR) is 109 cm³/mol. The molecule has 1 amide bonds. The lowest BCUT2D eigenvalue weighted by molar-refractivity contribution is -0.122. The van der Waals surface area contributed by atoms with E-state index in [1.165, 1.54) is 6.21 Å². The van der Waals surface area contributed by atoms with Crippen molar-refractivity contribution in [2.75, 3.05) is 13.2 Å². The molecule has 0 unspecified atom stereocenters. The van der Waals surface area contributed by atoms with Gasteiger partial charge < -0.3 is 14.5 Å². The summed E-state index contributed by atoms with van der Waals surface area (Å²) in [5.74, 6) is 1.29. The minimum Gasteiger partial charge on any atom is -0.486 e. The zero-order valence-corrected chi connectivity index (χ0v) is 15.6. The van der Waals surface area contributed by atoms with E-state index in [4.69, 9.17) is 9.47 Å². The summed E-state index contributed by atoms with van der Waals surface area (Å²) in [6.45, 7) is 0.979. The number of amides is 1. The molecule has 0 radical (unpaired) electrons. The van der Waals surface area contributed by atoms with Gasteiger partial charge in [-0.1, -0.05) is 30.3 Å². The van der Waals surface area contributed by atoms with Crippen LogP contribution in [0.25, 0.3) is 10.9 Å². The number of aromatic amines is 1. The van der Waals surface area contributed by atoms with Gasteiger partial charge in [-0.25, -0.2) is 5.43 Å². The lowest BCUT2D eigenvalue weighted by Crippen LogP contribution is -2.21. The van der Waals surface area contributed by atoms with Gasteiger partial charge in [0.1, 0.15) is 13.2 Å². The number of nitrogens with one attached hydrogen (secondary N) is 2. The maximum atomic E-state index is 12.3. The summed E-state index contributed by atoms with van der Waals surface area (Å²) in [5.41, 5.74) is 4.43. The number of carbonyl (C=O) groups is 1. The van der Waals surface area contributed by atoms with Crippen molar-refractivity contribution in [1.82, 2.24) is 10.4 Å². The van der Waals surface area contributed by atoms with Crippen LogP contribution in [0, 0.1) is 5.92 Å². The molecule has 1 fully saturated rings.